The van der Waals surface area contributed by atoms with Gasteiger partial charge in [0.05, 0.1) is 18.6 Å². The van der Waals surface area contributed by atoms with Crippen LogP contribution in [0.4, 0.5) is 5.00 Å². The van der Waals surface area contributed by atoms with Gasteiger partial charge in [-0.1, -0.05) is 43.3 Å². The molecule has 1 N–H and O–H groups in total. The van der Waals surface area contributed by atoms with Gasteiger partial charge in [0, 0.05) is 29.1 Å². The van der Waals surface area contributed by atoms with Crippen LogP contribution < -0.4 is 10.1 Å². The van der Waals surface area contributed by atoms with E-state index < -0.39 is 11.9 Å². The van der Waals surface area contributed by atoms with Gasteiger partial charge in [-0.25, -0.2) is 4.79 Å². The molecule has 2 aliphatic heterocycles. The van der Waals surface area contributed by atoms with E-state index in [1.807, 2.05) is 48.5 Å². The number of para-hydroxylation sites is 2. The summed E-state index contributed by atoms with van der Waals surface area (Å²) >= 11 is 1.48. The zero-order valence-electron chi connectivity index (χ0n) is 18.7. The standard InChI is InChI=1S/C26H26N2O4S/c1-3-13-28-14-12-18-21(15-28)33-25(23(18)26(30)31-2)27-24(29)22-16-8-4-6-10-19(16)32-20-11-7-5-9-17(20)22/h4-11,22H,3,12-15H2,1-2H3,(H,27,29). The Kier molecular flexibility index (Phi) is 5.91. The number of rotatable bonds is 5. The lowest BCUT2D eigenvalue weighted by Gasteiger charge is -2.27. The molecule has 0 saturated heterocycles. The Bertz CT molecular complexity index is 1170. The average Bonchev–Trinajstić information content (AvgIpc) is 3.19. The average molecular weight is 463 g/mol. The number of carbonyl (C=O) groups excluding carboxylic acids is 2. The number of fused-ring (bicyclic) bond motifs is 3. The summed E-state index contributed by atoms with van der Waals surface area (Å²) in [5, 5.41) is 3.65. The quantitative estimate of drug-likeness (QED) is 0.529. The first-order chi connectivity index (χ1) is 16.1. The normalized spacial score (nSPS) is 15.1. The van der Waals surface area contributed by atoms with E-state index in [1.54, 1.807) is 0 Å². The van der Waals surface area contributed by atoms with Crippen LogP contribution in [0.1, 0.15) is 51.2 Å². The molecule has 0 radical (unpaired) electrons. The molecule has 0 saturated carbocycles. The fraction of sp³-hybridized carbons (Fsp3) is 0.308. The van der Waals surface area contributed by atoms with Crippen LogP contribution in [0.2, 0.25) is 0 Å². The number of thiophene rings is 1. The highest BCUT2D eigenvalue weighted by atomic mass is 32.1. The molecule has 0 atom stereocenters. The van der Waals surface area contributed by atoms with E-state index >= 15 is 0 Å². The maximum Gasteiger partial charge on any atom is 0.341 e. The van der Waals surface area contributed by atoms with Crippen LogP contribution in [0.15, 0.2) is 48.5 Å². The monoisotopic (exact) mass is 462 g/mol. The number of amides is 1. The summed E-state index contributed by atoms with van der Waals surface area (Å²) in [6.45, 7) is 4.87. The number of methoxy groups -OCH3 is 1. The lowest BCUT2D eigenvalue weighted by atomic mass is 9.87. The number of esters is 1. The van der Waals surface area contributed by atoms with Gasteiger partial charge in [0.25, 0.3) is 0 Å². The maximum atomic E-state index is 13.7. The summed E-state index contributed by atoms with van der Waals surface area (Å²) in [6.07, 6.45) is 1.85. The number of nitrogens with zero attached hydrogens (tertiary/aromatic N) is 1. The summed E-state index contributed by atoms with van der Waals surface area (Å²) in [7, 11) is 1.38. The number of nitrogens with one attached hydrogen (secondary N) is 1. The summed E-state index contributed by atoms with van der Waals surface area (Å²) in [4.78, 5) is 30.0. The van der Waals surface area contributed by atoms with Crippen molar-refractivity contribution in [2.75, 3.05) is 25.5 Å². The number of carbonyl (C=O) groups is 2. The molecule has 3 heterocycles. The van der Waals surface area contributed by atoms with Crippen LogP contribution in [-0.4, -0.2) is 37.0 Å². The minimum atomic E-state index is -0.535. The fourth-order valence-corrected chi connectivity index (χ4v) is 6.03. The molecular weight excluding hydrogens is 436 g/mol. The van der Waals surface area contributed by atoms with Crippen molar-refractivity contribution in [3.05, 3.63) is 75.7 Å². The van der Waals surface area contributed by atoms with E-state index in [1.165, 1.54) is 18.4 Å². The van der Waals surface area contributed by atoms with E-state index in [0.717, 1.165) is 54.0 Å². The lowest BCUT2D eigenvalue weighted by molar-refractivity contribution is -0.116. The number of hydrogen-bond donors (Lipinski definition) is 1. The molecule has 1 amide bonds. The predicted molar refractivity (Wildman–Crippen MR) is 128 cm³/mol. The van der Waals surface area contributed by atoms with Crippen molar-refractivity contribution in [1.29, 1.82) is 0 Å². The van der Waals surface area contributed by atoms with Gasteiger partial charge < -0.3 is 14.8 Å². The van der Waals surface area contributed by atoms with Crippen molar-refractivity contribution >= 4 is 28.2 Å². The topological polar surface area (TPSA) is 67.9 Å². The molecule has 0 fully saturated rings. The van der Waals surface area contributed by atoms with Crippen molar-refractivity contribution in [1.82, 2.24) is 4.90 Å². The van der Waals surface area contributed by atoms with E-state index in [9.17, 15) is 9.59 Å². The third kappa shape index (κ3) is 3.92. The molecule has 5 rings (SSSR count). The summed E-state index contributed by atoms with van der Waals surface area (Å²) < 4.78 is 11.1. The summed E-state index contributed by atoms with van der Waals surface area (Å²) in [5.41, 5.74) is 3.12. The molecule has 2 aromatic carbocycles. The second-order valence-corrected chi connectivity index (χ2v) is 9.43. The highest BCUT2D eigenvalue weighted by Crippen LogP contribution is 2.45. The molecule has 3 aromatic rings. The van der Waals surface area contributed by atoms with Crippen molar-refractivity contribution in [3.8, 4) is 11.5 Å². The van der Waals surface area contributed by atoms with E-state index in [4.69, 9.17) is 9.47 Å². The maximum absolute atomic E-state index is 13.7. The highest BCUT2D eigenvalue weighted by molar-refractivity contribution is 7.17. The highest BCUT2D eigenvalue weighted by Gasteiger charge is 2.35. The first kappa shape index (κ1) is 21.7. The first-order valence-electron chi connectivity index (χ1n) is 11.2. The Labute approximate surface area is 197 Å². The Balaban J connectivity index is 1.52. The molecule has 6 nitrogen and oxygen atoms in total. The second kappa shape index (κ2) is 9.00. The van der Waals surface area contributed by atoms with Crippen molar-refractivity contribution in [3.63, 3.8) is 0 Å². The van der Waals surface area contributed by atoms with Crippen LogP contribution in [0, 0.1) is 0 Å². The Hall–Kier alpha value is -3.16. The summed E-state index contributed by atoms with van der Waals surface area (Å²) in [5.74, 6) is 0.217. The number of anilines is 1. The Morgan fingerprint density at radius 3 is 2.42 bits per heavy atom. The van der Waals surface area contributed by atoms with Crippen LogP contribution in [0.25, 0.3) is 0 Å². The van der Waals surface area contributed by atoms with E-state index in [2.05, 4.69) is 17.1 Å². The molecule has 170 valence electrons. The first-order valence-corrected chi connectivity index (χ1v) is 12.0. The van der Waals surface area contributed by atoms with Crippen molar-refractivity contribution in [2.45, 2.75) is 32.2 Å². The number of benzene rings is 2. The van der Waals surface area contributed by atoms with Crippen LogP contribution in [0.5, 0.6) is 11.5 Å². The third-order valence-electron chi connectivity index (χ3n) is 6.24. The molecule has 33 heavy (non-hydrogen) atoms. The Morgan fingerprint density at radius 1 is 1.12 bits per heavy atom. The molecule has 1 aromatic heterocycles. The SMILES string of the molecule is CCCN1CCc2c(sc(NC(=O)C3c4ccccc4Oc4ccccc43)c2C(=O)OC)C1. The zero-order chi connectivity index (χ0) is 22.9. The lowest BCUT2D eigenvalue weighted by Crippen LogP contribution is -2.30. The van der Waals surface area contributed by atoms with Crippen molar-refractivity contribution in [2.24, 2.45) is 0 Å². The molecule has 0 spiro atoms. The predicted octanol–water partition coefficient (Wildman–Crippen LogP) is 5.18. The molecule has 7 heteroatoms. The molecule has 0 unspecified atom stereocenters. The van der Waals surface area contributed by atoms with Gasteiger partial charge in [-0.3, -0.25) is 9.69 Å². The van der Waals surface area contributed by atoms with Crippen LogP contribution >= 0.6 is 11.3 Å². The minimum absolute atomic E-state index is 0.188. The van der Waals surface area contributed by atoms with Gasteiger partial charge in [0.2, 0.25) is 5.91 Å². The van der Waals surface area contributed by atoms with Gasteiger partial charge in [-0.2, -0.15) is 0 Å². The van der Waals surface area contributed by atoms with E-state index in [0.29, 0.717) is 22.1 Å². The Morgan fingerprint density at radius 2 is 1.79 bits per heavy atom. The number of ether oxygens (including phenoxy) is 2. The molecule has 2 aliphatic rings. The van der Waals surface area contributed by atoms with Gasteiger partial charge in [0.15, 0.2) is 0 Å². The molecular formula is C26H26N2O4S. The summed E-state index contributed by atoms with van der Waals surface area (Å²) in [6, 6.07) is 15.2. The van der Waals surface area contributed by atoms with Gasteiger partial charge in [0.1, 0.15) is 16.5 Å². The van der Waals surface area contributed by atoms with Crippen LogP contribution in [-0.2, 0) is 22.5 Å². The van der Waals surface area contributed by atoms with Crippen LogP contribution in [0.3, 0.4) is 0 Å². The number of hydrogen-bond acceptors (Lipinski definition) is 6. The van der Waals surface area contributed by atoms with Gasteiger partial charge in [-0.05, 0) is 37.1 Å². The second-order valence-electron chi connectivity index (χ2n) is 8.33. The third-order valence-corrected chi connectivity index (χ3v) is 7.38. The van der Waals surface area contributed by atoms with Crippen molar-refractivity contribution < 1.29 is 19.1 Å². The molecule has 0 aliphatic carbocycles. The minimum Gasteiger partial charge on any atom is -0.465 e. The zero-order valence-corrected chi connectivity index (χ0v) is 19.5. The fourth-order valence-electron chi connectivity index (χ4n) is 4.75. The van der Waals surface area contributed by atoms with E-state index in [-0.39, 0.29) is 5.91 Å². The largest absolute Gasteiger partial charge is 0.465 e. The smallest absolute Gasteiger partial charge is 0.341 e. The molecule has 0 bridgehead atoms. The van der Waals surface area contributed by atoms with Gasteiger partial charge >= 0.3 is 5.97 Å². The van der Waals surface area contributed by atoms with Gasteiger partial charge in [-0.15, -0.1) is 11.3 Å².